The average molecular weight is 487 g/mol. The summed E-state index contributed by atoms with van der Waals surface area (Å²) in [5, 5.41) is 12.4. The summed E-state index contributed by atoms with van der Waals surface area (Å²) in [5.74, 6) is -0.681. The first-order valence-corrected chi connectivity index (χ1v) is 11.3. The van der Waals surface area contributed by atoms with Gasteiger partial charge in [0.1, 0.15) is 16.5 Å². The number of carbonyl (C=O) groups is 1. The molecular weight excluding hydrogens is 471 g/mol. The first kappa shape index (κ1) is 23.4. The van der Waals surface area contributed by atoms with Gasteiger partial charge in [-0.1, -0.05) is 47.0 Å². The van der Waals surface area contributed by atoms with Crippen LogP contribution >= 0.6 is 23.2 Å². The van der Waals surface area contributed by atoms with Crippen molar-refractivity contribution in [2.45, 2.75) is 11.8 Å². The Bertz CT molecular complexity index is 1330. The van der Waals surface area contributed by atoms with Crippen molar-refractivity contribution < 1.29 is 17.4 Å². The van der Waals surface area contributed by atoms with Crippen molar-refractivity contribution in [3.63, 3.8) is 0 Å². The van der Waals surface area contributed by atoms with Crippen molar-refractivity contribution in [3.8, 4) is 11.8 Å². The van der Waals surface area contributed by atoms with Crippen LogP contribution in [0, 0.1) is 18.3 Å². The Kier molecular flexibility index (Phi) is 7.21. The van der Waals surface area contributed by atoms with E-state index in [1.165, 1.54) is 48.5 Å². The van der Waals surface area contributed by atoms with Crippen LogP contribution in [0.2, 0.25) is 10.0 Å². The maximum atomic E-state index is 12.4. The van der Waals surface area contributed by atoms with Crippen molar-refractivity contribution in [1.29, 1.82) is 5.26 Å². The SMILES string of the molecule is Cc1ccc(NC(=O)/C(C#N)=C/c2ccc(OS(=O)(=O)c3ccc(Cl)cc3)c(Cl)c2)cc1. The van der Waals surface area contributed by atoms with Crippen molar-refractivity contribution in [2.75, 3.05) is 5.32 Å². The molecule has 0 saturated heterocycles. The monoisotopic (exact) mass is 486 g/mol. The van der Waals surface area contributed by atoms with E-state index in [9.17, 15) is 18.5 Å². The van der Waals surface area contributed by atoms with Crippen LogP contribution in [0.15, 0.2) is 77.2 Å². The Morgan fingerprint density at radius 2 is 1.69 bits per heavy atom. The van der Waals surface area contributed by atoms with Crippen LogP contribution in [0.5, 0.6) is 5.75 Å². The number of anilines is 1. The number of benzene rings is 3. The molecular formula is C23H16Cl2N2O4S. The number of carbonyl (C=O) groups excluding carboxylic acids is 1. The minimum Gasteiger partial charge on any atom is -0.377 e. The van der Waals surface area contributed by atoms with Crippen molar-refractivity contribution in [2.24, 2.45) is 0 Å². The lowest BCUT2D eigenvalue weighted by Gasteiger charge is -2.09. The highest BCUT2D eigenvalue weighted by atomic mass is 35.5. The van der Waals surface area contributed by atoms with Gasteiger partial charge in [-0.3, -0.25) is 4.79 Å². The maximum absolute atomic E-state index is 12.4. The fourth-order valence-electron chi connectivity index (χ4n) is 2.59. The van der Waals surface area contributed by atoms with Crippen molar-refractivity contribution in [1.82, 2.24) is 0 Å². The Morgan fingerprint density at radius 3 is 2.28 bits per heavy atom. The Balaban J connectivity index is 1.79. The smallest absolute Gasteiger partial charge is 0.339 e. The molecule has 0 saturated carbocycles. The molecule has 9 heteroatoms. The number of hydrogen-bond donors (Lipinski definition) is 1. The first-order chi connectivity index (χ1) is 15.2. The van der Waals surface area contributed by atoms with Gasteiger partial charge >= 0.3 is 10.1 Å². The fraction of sp³-hybridized carbons (Fsp3) is 0.0435. The van der Waals surface area contributed by atoms with Gasteiger partial charge < -0.3 is 9.50 Å². The van der Waals surface area contributed by atoms with Crippen molar-refractivity contribution >= 4 is 51.0 Å². The zero-order valence-electron chi connectivity index (χ0n) is 16.7. The molecule has 1 amide bonds. The number of nitriles is 1. The predicted molar refractivity (Wildman–Crippen MR) is 124 cm³/mol. The molecule has 1 N–H and O–H groups in total. The molecule has 0 atom stereocenters. The quantitative estimate of drug-likeness (QED) is 0.277. The number of aryl methyl sites for hydroxylation is 1. The number of halogens is 2. The summed E-state index contributed by atoms with van der Waals surface area (Å²) in [6, 6.07) is 18.7. The second-order valence-corrected chi connectivity index (χ2v) is 9.06. The molecule has 0 heterocycles. The fourth-order valence-corrected chi connectivity index (χ4v) is 3.94. The van der Waals surface area contributed by atoms with Crippen molar-refractivity contribution in [3.05, 3.63) is 93.5 Å². The van der Waals surface area contributed by atoms with Gasteiger partial charge in [-0.15, -0.1) is 0 Å². The molecule has 0 aliphatic rings. The minimum atomic E-state index is -4.12. The third-order valence-corrected chi connectivity index (χ3v) is 6.04. The van der Waals surface area contributed by atoms with E-state index in [0.717, 1.165) is 5.56 Å². The molecule has 0 spiro atoms. The summed E-state index contributed by atoms with van der Waals surface area (Å²) in [4.78, 5) is 12.3. The largest absolute Gasteiger partial charge is 0.377 e. The van der Waals surface area contributed by atoms with Crippen LogP contribution in [0.4, 0.5) is 5.69 Å². The second kappa shape index (κ2) is 9.88. The Labute approximate surface area is 195 Å². The van der Waals surface area contributed by atoms with Crippen LogP contribution in [-0.4, -0.2) is 14.3 Å². The standard InChI is InChI=1S/C23H16Cl2N2O4S/c1-15-2-7-19(8-3-15)27-23(28)17(14-26)12-16-4-11-22(21(25)13-16)31-32(29,30)20-9-5-18(24)6-10-20/h2-13H,1H3,(H,27,28)/b17-12+. The van der Waals surface area contributed by atoms with E-state index in [-0.39, 0.29) is 21.2 Å². The van der Waals surface area contributed by atoms with Gasteiger partial charge in [0, 0.05) is 10.7 Å². The molecule has 0 aromatic heterocycles. The predicted octanol–water partition coefficient (Wildman–Crippen LogP) is 5.62. The molecule has 6 nitrogen and oxygen atoms in total. The number of hydrogen-bond acceptors (Lipinski definition) is 5. The van der Waals surface area contributed by atoms with Crippen LogP contribution in [0.3, 0.4) is 0 Å². The van der Waals surface area contributed by atoms with Crippen LogP contribution in [0.25, 0.3) is 6.08 Å². The number of nitrogens with zero attached hydrogens (tertiary/aromatic N) is 1. The van der Waals surface area contributed by atoms with Gasteiger partial charge in [0.15, 0.2) is 5.75 Å². The lowest BCUT2D eigenvalue weighted by molar-refractivity contribution is -0.112. The van der Waals surface area contributed by atoms with Gasteiger partial charge in [0.25, 0.3) is 5.91 Å². The molecule has 32 heavy (non-hydrogen) atoms. The van der Waals surface area contributed by atoms with Gasteiger partial charge in [-0.2, -0.15) is 13.7 Å². The number of rotatable bonds is 6. The molecule has 3 aromatic rings. The van der Waals surface area contributed by atoms with E-state index in [0.29, 0.717) is 16.3 Å². The zero-order valence-corrected chi connectivity index (χ0v) is 19.0. The molecule has 0 bridgehead atoms. The lowest BCUT2D eigenvalue weighted by Crippen LogP contribution is -2.13. The molecule has 0 fully saturated rings. The molecule has 0 radical (unpaired) electrons. The van der Waals surface area contributed by atoms with Crippen LogP contribution in [0.1, 0.15) is 11.1 Å². The topological polar surface area (TPSA) is 96.3 Å². The highest BCUT2D eigenvalue weighted by molar-refractivity contribution is 7.87. The lowest BCUT2D eigenvalue weighted by atomic mass is 10.1. The van der Waals surface area contributed by atoms with Gasteiger partial charge in [0.2, 0.25) is 0 Å². The van der Waals surface area contributed by atoms with E-state index in [1.54, 1.807) is 12.1 Å². The molecule has 0 aliphatic carbocycles. The van der Waals surface area contributed by atoms with E-state index in [4.69, 9.17) is 27.4 Å². The van der Waals surface area contributed by atoms with Gasteiger partial charge in [0.05, 0.1) is 5.02 Å². The zero-order chi connectivity index (χ0) is 23.3. The van der Waals surface area contributed by atoms with E-state index in [1.807, 2.05) is 25.1 Å². The molecule has 3 aromatic carbocycles. The van der Waals surface area contributed by atoms with Crippen LogP contribution < -0.4 is 9.50 Å². The minimum absolute atomic E-state index is 0.00692. The second-order valence-electron chi connectivity index (χ2n) is 6.67. The first-order valence-electron chi connectivity index (χ1n) is 9.17. The average Bonchev–Trinajstić information content (AvgIpc) is 2.75. The normalized spacial score (nSPS) is 11.5. The summed E-state index contributed by atoms with van der Waals surface area (Å²) in [6.07, 6.45) is 1.34. The number of amides is 1. The van der Waals surface area contributed by atoms with Crippen LogP contribution in [-0.2, 0) is 14.9 Å². The summed E-state index contributed by atoms with van der Waals surface area (Å²) >= 11 is 12.0. The molecule has 0 aliphatic heterocycles. The highest BCUT2D eigenvalue weighted by Crippen LogP contribution is 2.29. The van der Waals surface area contributed by atoms with E-state index >= 15 is 0 Å². The van der Waals surface area contributed by atoms with E-state index < -0.39 is 16.0 Å². The molecule has 0 unspecified atom stereocenters. The Hall–Kier alpha value is -3.31. The summed E-state index contributed by atoms with van der Waals surface area (Å²) in [7, 11) is -4.12. The summed E-state index contributed by atoms with van der Waals surface area (Å²) < 4.78 is 30.0. The van der Waals surface area contributed by atoms with Gasteiger partial charge in [-0.05, 0) is 67.1 Å². The Morgan fingerprint density at radius 1 is 1.03 bits per heavy atom. The third kappa shape index (κ3) is 5.89. The number of nitrogens with one attached hydrogen (secondary N) is 1. The molecule has 162 valence electrons. The summed E-state index contributed by atoms with van der Waals surface area (Å²) in [6.45, 7) is 1.92. The van der Waals surface area contributed by atoms with Gasteiger partial charge in [-0.25, -0.2) is 0 Å². The third-order valence-electron chi connectivity index (χ3n) is 4.24. The highest BCUT2D eigenvalue weighted by Gasteiger charge is 2.18. The van der Waals surface area contributed by atoms with E-state index in [2.05, 4.69) is 5.32 Å². The maximum Gasteiger partial charge on any atom is 0.339 e. The molecule has 3 rings (SSSR count). The summed E-state index contributed by atoms with van der Waals surface area (Å²) in [5.41, 5.74) is 1.86.